The Balaban J connectivity index is 1.82. The van der Waals surface area contributed by atoms with Crippen LogP contribution in [0.5, 0.6) is 0 Å². The Kier molecular flexibility index (Phi) is 8.30. The summed E-state index contributed by atoms with van der Waals surface area (Å²) in [6.07, 6.45) is -7.66. The molecule has 2 aliphatic rings. The Morgan fingerprint density at radius 1 is 1.14 bits per heavy atom. The van der Waals surface area contributed by atoms with E-state index >= 15 is 0 Å². The van der Waals surface area contributed by atoms with Crippen molar-refractivity contribution in [3.63, 3.8) is 0 Å². The zero-order valence-corrected chi connectivity index (χ0v) is 21.0. The maximum absolute atomic E-state index is 14.2. The lowest BCUT2D eigenvalue weighted by atomic mass is 9.83. The van der Waals surface area contributed by atoms with E-state index in [0.29, 0.717) is 0 Å². The number of rotatable bonds is 6. The normalized spacial score (nSPS) is 22.0. The van der Waals surface area contributed by atoms with Crippen LogP contribution in [0.3, 0.4) is 0 Å². The van der Waals surface area contributed by atoms with Gasteiger partial charge in [0.2, 0.25) is 5.91 Å². The lowest BCUT2D eigenvalue weighted by molar-refractivity contribution is -0.275. The smallest absolute Gasteiger partial charge is 0.374 e. The van der Waals surface area contributed by atoms with Crippen LogP contribution >= 0.6 is 35.4 Å². The molecule has 1 heterocycles. The number of hydrogen-bond donors (Lipinski definition) is 2. The number of allylic oxidation sites excluding steroid dienone is 3. The summed E-state index contributed by atoms with van der Waals surface area (Å²) in [5.74, 6) is -2.59. The second-order valence-corrected chi connectivity index (χ2v) is 9.51. The van der Waals surface area contributed by atoms with Gasteiger partial charge >= 0.3 is 12.4 Å². The van der Waals surface area contributed by atoms with Gasteiger partial charge in [0.15, 0.2) is 0 Å². The van der Waals surface area contributed by atoms with Crippen LogP contribution in [-0.2, 0) is 20.0 Å². The summed E-state index contributed by atoms with van der Waals surface area (Å²) in [7, 11) is 0. The number of thiocarbonyl (C=S) groups is 1. The molecule has 1 aliphatic heterocycles. The summed E-state index contributed by atoms with van der Waals surface area (Å²) in [6.45, 7) is -0.771. The minimum absolute atomic E-state index is 0.0443. The van der Waals surface area contributed by atoms with Gasteiger partial charge in [0.05, 0.1) is 17.8 Å². The summed E-state index contributed by atoms with van der Waals surface area (Å²) < 4.78 is 79.4. The van der Waals surface area contributed by atoms with E-state index in [4.69, 9.17) is 40.3 Å². The number of oxime groups is 1. The molecule has 0 radical (unpaired) electrons. The molecule has 2 unspecified atom stereocenters. The molecule has 200 valence electrons. The molecule has 1 aromatic carbocycles. The molecule has 6 nitrogen and oxygen atoms in total. The van der Waals surface area contributed by atoms with Crippen molar-refractivity contribution in [2.45, 2.75) is 31.3 Å². The Morgan fingerprint density at radius 3 is 2.32 bits per heavy atom. The second-order valence-electron chi connectivity index (χ2n) is 8.20. The van der Waals surface area contributed by atoms with Crippen molar-refractivity contribution in [2.24, 2.45) is 11.1 Å². The topological polar surface area (TPSA) is 79.8 Å². The van der Waals surface area contributed by atoms with Crippen LogP contribution in [0.2, 0.25) is 10.0 Å². The number of hydrogen-bond acceptors (Lipinski definition) is 5. The molecule has 0 aromatic heterocycles. The van der Waals surface area contributed by atoms with Crippen molar-refractivity contribution in [1.82, 2.24) is 10.6 Å². The highest BCUT2D eigenvalue weighted by Gasteiger charge is 2.62. The molecule has 0 fully saturated rings. The molecular weight excluding hydrogens is 571 g/mol. The first-order valence-corrected chi connectivity index (χ1v) is 11.6. The summed E-state index contributed by atoms with van der Waals surface area (Å²) in [4.78, 5) is 29.3. The Morgan fingerprint density at radius 2 is 1.76 bits per heavy atom. The number of amides is 2. The third-order valence-electron chi connectivity index (χ3n) is 5.40. The van der Waals surface area contributed by atoms with Crippen LogP contribution in [0, 0.1) is 5.92 Å². The summed E-state index contributed by atoms with van der Waals surface area (Å²) in [5.41, 5.74) is -3.45. The van der Waals surface area contributed by atoms with Gasteiger partial charge in [-0.1, -0.05) is 53.6 Å². The molecule has 1 aromatic rings. The average Bonchev–Trinajstić information content (AvgIpc) is 3.24. The van der Waals surface area contributed by atoms with Crippen molar-refractivity contribution >= 4 is 57.8 Å². The van der Waals surface area contributed by atoms with E-state index in [1.54, 1.807) is 12.2 Å². The molecular formula is C22H17Cl2F6N3O3S. The maximum atomic E-state index is 14.2. The first-order chi connectivity index (χ1) is 17.0. The van der Waals surface area contributed by atoms with Gasteiger partial charge in [-0.25, -0.2) is 0 Å². The van der Waals surface area contributed by atoms with Crippen LogP contribution in [0.15, 0.2) is 46.7 Å². The monoisotopic (exact) mass is 587 g/mol. The van der Waals surface area contributed by atoms with Crippen LogP contribution in [0.4, 0.5) is 26.3 Å². The predicted octanol–water partition coefficient (Wildman–Crippen LogP) is 5.19. The van der Waals surface area contributed by atoms with Gasteiger partial charge in [-0.05, 0) is 29.8 Å². The highest BCUT2D eigenvalue weighted by Crippen LogP contribution is 2.50. The Labute approximate surface area is 221 Å². The van der Waals surface area contributed by atoms with Crippen LogP contribution in [-0.4, -0.2) is 47.8 Å². The molecule has 2 N–H and O–H groups in total. The zero-order chi connectivity index (χ0) is 27.8. The van der Waals surface area contributed by atoms with Gasteiger partial charge in [0, 0.05) is 32.8 Å². The number of nitrogens with one attached hydrogen (secondary N) is 2. The molecule has 15 heteroatoms. The Hall–Kier alpha value is -2.64. The quantitative estimate of drug-likeness (QED) is 0.354. The van der Waals surface area contributed by atoms with Crippen molar-refractivity contribution in [3.8, 4) is 0 Å². The zero-order valence-electron chi connectivity index (χ0n) is 18.7. The van der Waals surface area contributed by atoms with Gasteiger partial charge in [-0.3, -0.25) is 9.59 Å². The fraction of sp³-hybridized carbons (Fsp3) is 0.364. The van der Waals surface area contributed by atoms with E-state index in [1.807, 2.05) is 0 Å². The van der Waals surface area contributed by atoms with Crippen molar-refractivity contribution in [1.29, 1.82) is 0 Å². The van der Waals surface area contributed by atoms with E-state index in [9.17, 15) is 35.9 Å². The van der Waals surface area contributed by atoms with Crippen LogP contribution < -0.4 is 10.6 Å². The largest absolute Gasteiger partial charge is 0.435 e. The summed E-state index contributed by atoms with van der Waals surface area (Å²) in [5, 5.41) is 7.30. The fourth-order valence-electron chi connectivity index (χ4n) is 3.58. The first-order valence-electron chi connectivity index (χ1n) is 10.4. The third-order valence-corrected chi connectivity index (χ3v) is 6.42. The van der Waals surface area contributed by atoms with Crippen molar-refractivity contribution in [3.05, 3.63) is 57.1 Å². The van der Waals surface area contributed by atoms with E-state index in [-0.39, 0.29) is 37.3 Å². The number of alkyl halides is 6. The molecule has 3 rings (SSSR count). The lowest BCUT2D eigenvalue weighted by Gasteiger charge is -2.30. The number of nitrogens with zero attached hydrogens (tertiary/aromatic N) is 1. The highest BCUT2D eigenvalue weighted by atomic mass is 35.5. The molecule has 37 heavy (non-hydrogen) atoms. The number of benzene rings is 1. The lowest BCUT2D eigenvalue weighted by Crippen LogP contribution is -2.43. The fourth-order valence-corrected chi connectivity index (χ4v) is 4.33. The summed E-state index contributed by atoms with van der Waals surface area (Å²) in [6, 6.07) is 3.38. The molecule has 0 saturated carbocycles. The minimum Gasteiger partial charge on any atom is -0.374 e. The van der Waals surface area contributed by atoms with Crippen LogP contribution in [0.1, 0.15) is 18.9 Å². The molecule has 0 saturated heterocycles. The van der Waals surface area contributed by atoms with E-state index in [1.165, 1.54) is 18.2 Å². The van der Waals surface area contributed by atoms with Crippen molar-refractivity contribution < 1.29 is 40.8 Å². The number of carbonyl (C=O) groups excluding carboxylic acids is 2. The average molecular weight is 588 g/mol. The van der Waals surface area contributed by atoms with E-state index < -0.39 is 55.2 Å². The van der Waals surface area contributed by atoms with Gasteiger partial charge in [0.1, 0.15) is 6.54 Å². The SMILES string of the molecule is CC1C=C(C2=NOC(c3cc(Cl)cc(Cl)c3)(C(F)(F)F)C2)C=C(C(=O)NCC(=O)NCC(F)(F)F)C1=S. The van der Waals surface area contributed by atoms with Gasteiger partial charge < -0.3 is 15.5 Å². The Bertz CT molecular complexity index is 1210. The number of carbonyl (C=O) groups is 2. The first kappa shape index (κ1) is 28.9. The van der Waals surface area contributed by atoms with Gasteiger partial charge in [-0.15, -0.1) is 0 Å². The van der Waals surface area contributed by atoms with Crippen molar-refractivity contribution in [2.75, 3.05) is 13.1 Å². The third kappa shape index (κ3) is 6.63. The van der Waals surface area contributed by atoms with E-state index in [2.05, 4.69) is 10.5 Å². The molecule has 0 spiro atoms. The number of halogens is 8. The highest BCUT2D eigenvalue weighted by molar-refractivity contribution is 7.81. The van der Waals surface area contributed by atoms with Gasteiger partial charge in [-0.2, -0.15) is 26.3 Å². The minimum atomic E-state index is -4.93. The standard InChI is InChI=1S/C22H17Cl2F6N3O3S/c1-10-2-11(3-15(18(10)37)19(35)31-8-17(34)32-9-21(25,26)27)16-7-20(36-33-16,22(28,29)30)12-4-13(23)6-14(24)5-12/h2-6,10H,7-9H2,1H3,(H,31,35)(H,32,34). The van der Waals surface area contributed by atoms with Crippen LogP contribution in [0.25, 0.3) is 0 Å². The van der Waals surface area contributed by atoms with E-state index in [0.717, 1.165) is 12.1 Å². The molecule has 1 aliphatic carbocycles. The second kappa shape index (κ2) is 10.6. The predicted molar refractivity (Wildman–Crippen MR) is 127 cm³/mol. The molecule has 0 bridgehead atoms. The van der Waals surface area contributed by atoms with Gasteiger partial charge in [0.25, 0.3) is 11.5 Å². The maximum Gasteiger partial charge on any atom is 0.435 e. The molecule has 2 atom stereocenters. The molecule has 2 amide bonds. The summed E-state index contributed by atoms with van der Waals surface area (Å²) >= 11 is 17.0.